The van der Waals surface area contributed by atoms with E-state index in [1.807, 2.05) is 0 Å². The number of thiazole rings is 1. The molecule has 0 atom stereocenters. The van der Waals surface area contributed by atoms with Crippen LogP contribution in [0.1, 0.15) is 68.9 Å². The number of hydrogen-bond donors (Lipinski definition) is 1. The Morgan fingerprint density at radius 1 is 1.20 bits per heavy atom. The van der Waals surface area contributed by atoms with E-state index in [1.54, 1.807) is 11.3 Å². The lowest BCUT2D eigenvalue weighted by atomic mass is 9.77. The van der Waals surface area contributed by atoms with Crippen LogP contribution in [-0.4, -0.2) is 23.2 Å². The number of rotatable bonds is 3. The largest absolute Gasteiger partial charge is 0.391 e. The first-order valence-electron chi connectivity index (χ1n) is 7.99. The first-order valence-corrected chi connectivity index (χ1v) is 8.81. The molecule has 112 valence electrons. The van der Waals surface area contributed by atoms with Gasteiger partial charge in [-0.1, -0.05) is 38.0 Å². The summed E-state index contributed by atoms with van der Waals surface area (Å²) in [4.78, 5) is 8.30. The highest BCUT2D eigenvalue weighted by atomic mass is 32.1. The van der Waals surface area contributed by atoms with Gasteiger partial charge in [-0.05, 0) is 37.0 Å². The van der Waals surface area contributed by atoms with Crippen LogP contribution in [0, 0.1) is 5.41 Å². The van der Waals surface area contributed by atoms with Crippen molar-refractivity contribution in [3.05, 3.63) is 10.6 Å². The van der Waals surface area contributed by atoms with Crippen molar-refractivity contribution < 1.29 is 5.11 Å². The highest BCUT2D eigenvalue weighted by molar-refractivity contribution is 7.15. The summed E-state index contributed by atoms with van der Waals surface area (Å²) >= 11 is 1.69. The van der Waals surface area contributed by atoms with E-state index in [0.29, 0.717) is 11.3 Å². The maximum absolute atomic E-state index is 9.50. The zero-order valence-electron chi connectivity index (χ0n) is 12.7. The molecular formula is C16H26N2OS. The Hall–Kier alpha value is -0.610. The summed E-state index contributed by atoms with van der Waals surface area (Å²) in [6.45, 7) is 6.73. The topological polar surface area (TPSA) is 36.4 Å². The number of anilines is 1. The van der Waals surface area contributed by atoms with Gasteiger partial charge in [0.25, 0.3) is 0 Å². The van der Waals surface area contributed by atoms with E-state index >= 15 is 0 Å². The molecule has 1 saturated heterocycles. The molecule has 3 nitrogen and oxygen atoms in total. The standard InChI is InChI=1S/C16H26N2OS/c1-12(2)14-13(11-19)20-15(17-14)18-9-7-16(8-10-18)5-3-4-6-16/h12,19H,3-11H2,1-2H3. The number of nitrogens with zero attached hydrogens (tertiary/aromatic N) is 2. The molecule has 2 heterocycles. The molecule has 1 aromatic heterocycles. The molecule has 2 fully saturated rings. The minimum Gasteiger partial charge on any atom is -0.391 e. The van der Waals surface area contributed by atoms with Crippen LogP contribution in [0.25, 0.3) is 0 Å². The molecule has 0 amide bonds. The maximum Gasteiger partial charge on any atom is 0.185 e. The lowest BCUT2D eigenvalue weighted by Crippen LogP contribution is -2.38. The summed E-state index contributed by atoms with van der Waals surface area (Å²) in [6.07, 6.45) is 8.42. The summed E-state index contributed by atoms with van der Waals surface area (Å²) in [5.74, 6) is 0.396. The molecule has 2 aliphatic rings. The minimum atomic E-state index is 0.128. The fourth-order valence-corrected chi connectivity index (χ4v) is 4.97. The van der Waals surface area contributed by atoms with Gasteiger partial charge in [-0.15, -0.1) is 0 Å². The van der Waals surface area contributed by atoms with Crippen LogP contribution in [0.5, 0.6) is 0 Å². The summed E-state index contributed by atoms with van der Waals surface area (Å²) in [5, 5.41) is 10.6. The normalized spacial score (nSPS) is 22.1. The van der Waals surface area contributed by atoms with E-state index in [1.165, 1.54) is 38.5 Å². The third-order valence-electron chi connectivity index (χ3n) is 5.17. The zero-order chi connectivity index (χ0) is 14.2. The Balaban J connectivity index is 1.71. The van der Waals surface area contributed by atoms with Crippen molar-refractivity contribution >= 4 is 16.5 Å². The third kappa shape index (κ3) is 2.60. The molecule has 20 heavy (non-hydrogen) atoms. The summed E-state index contributed by atoms with van der Waals surface area (Å²) in [5.41, 5.74) is 1.75. The van der Waals surface area contributed by atoms with Crippen LogP contribution in [0.2, 0.25) is 0 Å². The van der Waals surface area contributed by atoms with E-state index < -0.39 is 0 Å². The van der Waals surface area contributed by atoms with Crippen molar-refractivity contribution in [2.45, 2.75) is 64.9 Å². The van der Waals surface area contributed by atoms with E-state index in [0.717, 1.165) is 28.8 Å². The van der Waals surface area contributed by atoms with E-state index in [9.17, 15) is 5.11 Å². The van der Waals surface area contributed by atoms with Crippen LogP contribution in [0.15, 0.2) is 0 Å². The van der Waals surface area contributed by atoms with Gasteiger partial charge >= 0.3 is 0 Å². The molecule has 0 bridgehead atoms. The van der Waals surface area contributed by atoms with Gasteiger partial charge < -0.3 is 10.0 Å². The lowest BCUT2D eigenvalue weighted by Gasteiger charge is -2.39. The number of aliphatic hydroxyl groups is 1. The smallest absolute Gasteiger partial charge is 0.185 e. The van der Waals surface area contributed by atoms with Gasteiger partial charge in [-0.2, -0.15) is 0 Å². The van der Waals surface area contributed by atoms with Crippen molar-refractivity contribution in [1.29, 1.82) is 0 Å². The highest BCUT2D eigenvalue weighted by Gasteiger charge is 2.37. The van der Waals surface area contributed by atoms with Crippen LogP contribution in [0.4, 0.5) is 5.13 Å². The monoisotopic (exact) mass is 294 g/mol. The number of aromatic nitrogens is 1. The molecule has 1 aliphatic heterocycles. The molecular weight excluding hydrogens is 268 g/mol. The maximum atomic E-state index is 9.50. The average Bonchev–Trinajstić information content (AvgIpc) is 3.07. The van der Waals surface area contributed by atoms with Crippen molar-refractivity contribution in [3.8, 4) is 0 Å². The first kappa shape index (κ1) is 14.3. The Kier molecular flexibility index (Phi) is 4.04. The van der Waals surface area contributed by atoms with Crippen LogP contribution in [-0.2, 0) is 6.61 Å². The van der Waals surface area contributed by atoms with Crippen LogP contribution < -0.4 is 4.90 Å². The van der Waals surface area contributed by atoms with Crippen molar-refractivity contribution in [1.82, 2.24) is 4.98 Å². The van der Waals surface area contributed by atoms with Gasteiger partial charge in [0.15, 0.2) is 5.13 Å². The molecule has 1 spiro atoms. The van der Waals surface area contributed by atoms with Crippen molar-refractivity contribution in [3.63, 3.8) is 0 Å². The van der Waals surface area contributed by atoms with Gasteiger partial charge in [-0.25, -0.2) is 4.98 Å². The highest BCUT2D eigenvalue weighted by Crippen LogP contribution is 2.47. The first-order chi connectivity index (χ1) is 9.63. The lowest BCUT2D eigenvalue weighted by molar-refractivity contribution is 0.226. The third-order valence-corrected chi connectivity index (χ3v) is 6.28. The minimum absolute atomic E-state index is 0.128. The Labute approximate surface area is 126 Å². The molecule has 3 rings (SSSR count). The van der Waals surface area contributed by atoms with Crippen molar-refractivity contribution in [2.24, 2.45) is 5.41 Å². The molecule has 0 unspecified atom stereocenters. The fourth-order valence-electron chi connectivity index (χ4n) is 3.85. The summed E-state index contributed by atoms with van der Waals surface area (Å²) in [7, 11) is 0. The second-order valence-electron chi connectivity index (χ2n) is 6.81. The molecule has 1 saturated carbocycles. The number of aliphatic hydroxyl groups excluding tert-OH is 1. The average molecular weight is 294 g/mol. The van der Waals surface area contributed by atoms with Gasteiger partial charge in [0, 0.05) is 13.1 Å². The van der Waals surface area contributed by atoms with Gasteiger partial charge in [0.2, 0.25) is 0 Å². The second kappa shape index (κ2) is 5.64. The number of hydrogen-bond acceptors (Lipinski definition) is 4. The van der Waals surface area contributed by atoms with Gasteiger partial charge in [-0.3, -0.25) is 0 Å². The quantitative estimate of drug-likeness (QED) is 0.918. The number of piperidine rings is 1. The van der Waals surface area contributed by atoms with Gasteiger partial charge in [0.1, 0.15) is 0 Å². The fraction of sp³-hybridized carbons (Fsp3) is 0.812. The Bertz CT molecular complexity index is 453. The summed E-state index contributed by atoms with van der Waals surface area (Å²) < 4.78 is 0. The van der Waals surface area contributed by atoms with E-state index in [2.05, 4.69) is 18.7 Å². The molecule has 0 radical (unpaired) electrons. The molecule has 4 heteroatoms. The molecule has 1 aliphatic carbocycles. The predicted molar refractivity (Wildman–Crippen MR) is 84.5 cm³/mol. The molecule has 1 aromatic rings. The van der Waals surface area contributed by atoms with Gasteiger partial charge in [0.05, 0.1) is 17.2 Å². The molecule has 0 aromatic carbocycles. The van der Waals surface area contributed by atoms with Crippen LogP contribution in [0.3, 0.4) is 0 Å². The Morgan fingerprint density at radius 3 is 2.35 bits per heavy atom. The van der Waals surface area contributed by atoms with E-state index in [-0.39, 0.29) is 6.61 Å². The van der Waals surface area contributed by atoms with Crippen molar-refractivity contribution in [2.75, 3.05) is 18.0 Å². The SMILES string of the molecule is CC(C)c1nc(N2CCC3(CCCC3)CC2)sc1CO. The van der Waals surface area contributed by atoms with Crippen LogP contribution >= 0.6 is 11.3 Å². The zero-order valence-corrected chi connectivity index (χ0v) is 13.5. The second-order valence-corrected chi connectivity index (χ2v) is 7.87. The molecule has 1 N–H and O–H groups in total. The Morgan fingerprint density at radius 2 is 1.85 bits per heavy atom. The summed E-state index contributed by atoms with van der Waals surface area (Å²) in [6, 6.07) is 0. The van der Waals surface area contributed by atoms with E-state index in [4.69, 9.17) is 4.98 Å². The predicted octanol–water partition coefficient (Wildman–Crippen LogP) is 3.92.